The van der Waals surface area contributed by atoms with Gasteiger partial charge in [-0.15, -0.1) is 0 Å². The number of hydrogen-bond acceptors (Lipinski definition) is 3. The molecule has 0 radical (unpaired) electrons. The van der Waals surface area contributed by atoms with E-state index < -0.39 is 0 Å². The average molecular weight is 258 g/mol. The van der Waals surface area contributed by atoms with Gasteiger partial charge >= 0.3 is 0 Å². The molecular weight excluding hydrogens is 236 g/mol. The molecule has 0 spiro atoms. The fourth-order valence-electron chi connectivity index (χ4n) is 3.51. The maximum atomic E-state index is 13.0. The number of nitrogens with one attached hydrogen (secondary N) is 1. The van der Waals surface area contributed by atoms with Crippen LogP contribution in [0.5, 0.6) is 0 Å². The summed E-state index contributed by atoms with van der Waals surface area (Å²) in [5, 5.41) is 3.35. The van der Waals surface area contributed by atoms with Gasteiger partial charge < -0.3 is 5.32 Å². The molecule has 2 heterocycles. The minimum Gasteiger partial charge on any atom is -0.317 e. The van der Waals surface area contributed by atoms with E-state index in [1.54, 1.807) is 0 Å². The Kier molecular flexibility index (Phi) is 3.40. The normalized spacial score (nSPS) is 25.6. The first kappa shape index (κ1) is 12.8. The first-order valence-electron chi connectivity index (χ1n) is 7.39. The standard InChI is InChI=1S/C16H22N2O/c1-16(7-10-17-11-8-16)15(19)13-6-2-4-12-5-3-9-18-14(12)13/h3,5,9,13,17H,2,4,6-8,10-11H2,1H3. The zero-order chi connectivity index (χ0) is 13.3. The Bertz CT molecular complexity index is 477. The molecule has 1 unspecified atom stereocenters. The molecule has 0 bridgehead atoms. The largest absolute Gasteiger partial charge is 0.317 e. The van der Waals surface area contributed by atoms with E-state index in [0.29, 0.717) is 5.78 Å². The molecule has 19 heavy (non-hydrogen) atoms. The predicted octanol–water partition coefficient (Wildman–Crippen LogP) is 2.46. The van der Waals surface area contributed by atoms with Crippen molar-refractivity contribution < 1.29 is 4.79 Å². The van der Waals surface area contributed by atoms with Crippen molar-refractivity contribution in [1.82, 2.24) is 10.3 Å². The van der Waals surface area contributed by atoms with E-state index in [2.05, 4.69) is 23.3 Å². The third kappa shape index (κ3) is 2.32. The van der Waals surface area contributed by atoms with E-state index in [-0.39, 0.29) is 11.3 Å². The van der Waals surface area contributed by atoms with Crippen LogP contribution in [0.2, 0.25) is 0 Å². The third-order valence-corrected chi connectivity index (χ3v) is 4.81. The molecule has 1 saturated heterocycles. The van der Waals surface area contributed by atoms with Crippen molar-refractivity contribution in [3.8, 4) is 0 Å². The number of Topliss-reactive ketones (excluding diaryl/α,β-unsaturated/α-hetero) is 1. The maximum Gasteiger partial charge on any atom is 0.147 e. The lowest BCUT2D eigenvalue weighted by Crippen LogP contribution is -2.42. The van der Waals surface area contributed by atoms with Crippen LogP contribution < -0.4 is 5.32 Å². The summed E-state index contributed by atoms with van der Waals surface area (Å²) >= 11 is 0. The molecule has 3 nitrogen and oxygen atoms in total. The Balaban J connectivity index is 1.88. The lowest BCUT2D eigenvalue weighted by atomic mass is 9.69. The number of aromatic nitrogens is 1. The van der Waals surface area contributed by atoms with E-state index >= 15 is 0 Å². The highest BCUT2D eigenvalue weighted by atomic mass is 16.1. The first-order valence-corrected chi connectivity index (χ1v) is 7.39. The molecule has 0 amide bonds. The molecule has 1 aromatic heterocycles. The Hall–Kier alpha value is -1.22. The van der Waals surface area contributed by atoms with Gasteiger partial charge in [-0.3, -0.25) is 9.78 Å². The van der Waals surface area contributed by atoms with E-state index in [9.17, 15) is 4.79 Å². The van der Waals surface area contributed by atoms with Gasteiger partial charge in [0.05, 0.1) is 11.6 Å². The van der Waals surface area contributed by atoms with Crippen molar-refractivity contribution in [1.29, 1.82) is 0 Å². The zero-order valence-electron chi connectivity index (χ0n) is 11.6. The van der Waals surface area contributed by atoms with E-state index in [0.717, 1.165) is 50.9 Å². The number of carbonyl (C=O) groups excluding carboxylic acids is 1. The van der Waals surface area contributed by atoms with Crippen LogP contribution >= 0.6 is 0 Å². The van der Waals surface area contributed by atoms with Crippen molar-refractivity contribution in [2.24, 2.45) is 5.41 Å². The van der Waals surface area contributed by atoms with Crippen molar-refractivity contribution in [2.45, 2.75) is 44.9 Å². The van der Waals surface area contributed by atoms with Gasteiger partial charge in [0.15, 0.2) is 0 Å². The smallest absolute Gasteiger partial charge is 0.147 e. The van der Waals surface area contributed by atoms with Gasteiger partial charge in [-0.25, -0.2) is 0 Å². The number of aryl methyl sites for hydroxylation is 1. The van der Waals surface area contributed by atoms with E-state index in [1.807, 2.05) is 12.3 Å². The van der Waals surface area contributed by atoms with Crippen LogP contribution in [0, 0.1) is 5.41 Å². The first-order chi connectivity index (χ1) is 9.21. The summed E-state index contributed by atoms with van der Waals surface area (Å²) in [6.07, 6.45) is 6.92. The molecule has 1 aliphatic carbocycles. The van der Waals surface area contributed by atoms with Crippen LogP contribution in [0.3, 0.4) is 0 Å². The summed E-state index contributed by atoms with van der Waals surface area (Å²) in [5.41, 5.74) is 2.19. The minimum absolute atomic E-state index is 0.0352. The van der Waals surface area contributed by atoms with Crippen molar-refractivity contribution >= 4 is 5.78 Å². The van der Waals surface area contributed by atoms with Gasteiger partial charge in [0.2, 0.25) is 0 Å². The summed E-state index contributed by atoms with van der Waals surface area (Å²) in [6, 6.07) is 4.12. The van der Waals surface area contributed by atoms with Crippen molar-refractivity contribution in [3.63, 3.8) is 0 Å². The van der Waals surface area contributed by atoms with Gasteiger partial charge in [0.25, 0.3) is 0 Å². The molecule has 2 aliphatic rings. The molecule has 0 aromatic carbocycles. The molecule has 0 saturated carbocycles. The fraction of sp³-hybridized carbons (Fsp3) is 0.625. The second kappa shape index (κ2) is 5.04. The summed E-state index contributed by atoms with van der Waals surface area (Å²) in [7, 11) is 0. The monoisotopic (exact) mass is 258 g/mol. The highest BCUT2D eigenvalue weighted by Gasteiger charge is 2.40. The summed E-state index contributed by atoms with van der Waals surface area (Å²) in [4.78, 5) is 17.5. The quantitative estimate of drug-likeness (QED) is 0.886. The lowest BCUT2D eigenvalue weighted by Gasteiger charge is -2.36. The van der Waals surface area contributed by atoms with Gasteiger partial charge in [0.1, 0.15) is 5.78 Å². The van der Waals surface area contributed by atoms with Crippen molar-refractivity contribution in [2.75, 3.05) is 13.1 Å². The minimum atomic E-state index is -0.151. The van der Waals surface area contributed by atoms with Crippen LogP contribution in [0.15, 0.2) is 18.3 Å². The molecule has 1 atom stereocenters. The van der Waals surface area contributed by atoms with Gasteiger partial charge in [-0.1, -0.05) is 13.0 Å². The Labute approximate surface area is 114 Å². The zero-order valence-corrected chi connectivity index (χ0v) is 11.6. The summed E-state index contributed by atoms with van der Waals surface area (Å²) < 4.78 is 0. The lowest BCUT2D eigenvalue weighted by molar-refractivity contribution is -0.131. The Morgan fingerprint density at radius 1 is 1.42 bits per heavy atom. The van der Waals surface area contributed by atoms with Gasteiger partial charge in [-0.2, -0.15) is 0 Å². The number of fused-ring (bicyclic) bond motifs is 1. The molecule has 102 valence electrons. The van der Waals surface area contributed by atoms with Crippen LogP contribution in [0.1, 0.15) is 49.8 Å². The SMILES string of the molecule is CC1(C(=O)C2CCCc3cccnc32)CCNCC1. The number of ketones is 1. The molecule has 1 N–H and O–H groups in total. The Morgan fingerprint density at radius 2 is 2.21 bits per heavy atom. The third-order valence-electron chi connectivity index (χ3n) is 4.81. The fourth-order valence-corrected chi connectivity index (χ4v) is 3.51. The van der Waals surface area contributed by atoms with Gasteiger partial charge in [0, 0.05) is 11.6 Å². The van der Waals surface area contributed by atoms with Gasteiger partial charge in [-0.05, 0) is 56.8 Å². The molecule has 3 heteroatoms. The maximum absolute atomic E-state index is 13.0. The highest BCUT2D eigenvalue weighted by Crippen LogP contribution is 2.39. The van der Waals surface area contributed by atoms with E-state index in [1.165, 1.54) is 5.56 Å². The van der Waals surface area contributed by atoms with Crippen LogP contribution in [0.25, 0.3) is 0 Å². The molecule has 3 rings (SSSR count). The Morgan fingerprint density at radius 3 is 3.00 bits per heavy atom. The highest BCUT2D eigenvalue weighted by molar-refractivity contribution is 5.91. The van der Waals surface area contributed by atoms with Crippen LogP contribution in [0.4, 0.5) is 0 Å². The number of carbonyl (C=O) groups is 1. The number of rotatable bonds is 2. The number of nitrogens with zero attached hydrogens (tertiary/aromatic N) is 1. The molecule has 1 aromatic rings. The summed E-state index contributed by atoms with van der Waals surface area (Å²) in [6.45, 7) is 4.07. The molecule has 1 fully saturated rings. The van der Waals surface area contributed by atoms with Crippen LogP contribution in [-0.4, -0.2) is 23.9 Å². The number of pyridine rings is 1. The average Bonchev–Trinajstić information content (AvgIpc) is 2.47. The van der Waals surface area contributed by atoms with Crippen molar-refractivity contribution in [3.05, 3.63) is 29.6 Å². The topological polar surface area (TPSA) is 42.0 Å². The number of hydrogen-bond donors (Lipinski definition) is 1. The molecular formula is C16H22N2O. The summed E-state index contributed by atoms with van der Waals surface area (Å²) in [5.74, 6) is 0.460. The second-order valence-electron chi connectivity index (χ2n) is 6.17. The number of piperidine rings is 1. The second-order valence-corrected chi connectivity index (χ2v) is 6.17. The van der Waals surface area contributed by atoms with Crippen LogP contribution in [-0.2, 0) is 11.2 Å². The van der Waals surface area contributed by atoms with E-state index in [4.69, 9.17) is 0 Å². The predicted molar refractivity (Wildman–Crippen MR) is 75.1 cm³/mol. The molecule has 1 aliphatic heterocycles.